The molecule has 5 nitrogen and oxygen atoms in total. The van der Waals surface area contributed by atoms with Crippen molar-refractivity contribution in [2.75, 3.05) is 17.8 Å². The van der Waals surface area contributed by atoms with Gasteiger partial charge in [0.05, 0.1) is 18.0 Å². The van der Waals surface area contributed by atoms with Gasteiger partial charge in [-0.1, -0.05) is 17.7 Å². The molecule has 0 spiro atoms. The molecule has 29 heavy (non-hydrogen) atoms. The second-order valence-electron chi connectivity index (χ2n) is 7.19. The van der Waals surface area contributed by atoms with Crippen molar-refractivity contribution >= 4 is 33.2 Å². The van der Waals surface area contributed by atoms with Crippen molar-refractivity contribution in [1.82, 2.24) is 4.90 Å². The zero-order chi connectivity index (χ0) is 21.3. The number of amides is 1. The molecule has 9 heteroatoms. The maximum absolute atomic E-state index is 13.6. The average molecular weight is 443 g/mol. The third kappa shape index (κ3) is 4.87. The molecule has 0 unspecified atom stereocenters. The molecular formula is C20H21ClF2N2O3S. The predicted octanol–water partition coefficient (Wildman–Crippen LogP) is 4.28. The molecule has 0 bridgehead atoms. The Morgan fingerprint density at radius 3 is 2.41 bits per heavy atom. The van der Waals surface area contributed by atoms with Gasteiger partial charge in [-0.2, -0.15) is 0 Å². The Hall–Kier alpha value is -2.19. The van der Waals surface area contributed by atoms with Crippen LogP contribution in [0.2, 0.25) is 5.02 Å². The van der Waals surface area contributed by atoms with E-state index in [9.17, 15) is 22.0 Å². The second-order valence-corrected chi connectivity index (χ2v) is 9.25. The molecule has 1 fully saturated rings. The molecule has 3 rings (SSSR count). The van der Waals surface area contributed by atoms with Gasteiger partial charge in [0.15, 0.2) is 0 Å². The summed E-state index contributed by atoms with van der Waals surface area (Å²) in [5.41, 5.74) is 1.42. The van der Waals surface area contributed by atoms with Crippen LogP contribution >= 0.6 is 11.6 Å². The molecule has 156 valence electrons. The minimum absolute atomic E-state index is 0.0766. The van der Waals surface area contributed by atoms with Crippen LogP contribution in [-0.2, 0) is 10.0 Å². The number of aryl methyl sites for hydroxylation is 2. The Morgan fingerprint density at radius 1 is 1.10 bits per heavy atom. The lowest BCUT2D eigenvalue weighted by atomic mass is 10.1. The van der Waals surface area contributed by atoms with E-state index in [0.717, 1.165) is 4.90 Å². The van der Waals surface area contributed by atoms with Crippen LogP contribution < -0.4 is 4.72 Å². The number of carbonyl (C=O) groups is 1. The first kappa shape index (κ1) is 21.5. The van der Waals surface area contributed by atoms with Crippen LogP contribution in [0.5, 0.6) is 0 Å². The summed E-state index contributed by atoms with van der Waals surface area (Å²) < 4.78 is 55.3. The molecule has 2 aromatic carbocycles. The number of hydrogen-bond donors (Lipinski definition) is 1. The van der Waals surface area contributed by atoms with Crippen molar-refractivity contribution in [3.05, 3.63) is 58.1 Å². The molecule has 1 aliphatic rings. The lowest BCUT2D eigenvalue weighted by Gasteiger charge is -2.31. The number of carbonyl (C=O) groups excluding carboxylic acids is 1. The van der Waals surface area contributed by atoms with E-state index in [1.165, 1.54) is 30.3 Å². The van der Waals surface area contributed by atoms with Crippen LogP contribution in [-0.4, -0.2) is 44.7 Å². The van der Waals surface area contributed by atoms with Crippen molar-refractivity contribution in [3.8, 4) is 0 Å². The number of benzene rings is 2. The fourth-order valence-electron chi connectivity index (χ4n) is 3.30. The normalized spacial score (nSPS) is 19.8. The number of rotatable bonds is 4. The molecule has 2 atom stereocenters. The highest BCUT2D eigenvalue weighted by atomic mass is 35.5. The summed E-state index contributed by atoms with van der Waals surface area (Å²) in [5.74, 6) is -0.547. The van der Waals surface area contributed by atoms with Crippen LogP contribution in [0.15, 0.2) is 41.3 Å². The van der Waals surface area contributed by atoms with Gasteiger partial charge in [0, 0.05) is 22.7 Å². The van der Waals surface area contributed by atoms with E-state index in [2.05, 4.69) is 4.72 Å². The van der Waals surface area contributed by atoms with E-state index in [1.54, 1.807) is 19.9 Å². The van der Waals surface area contributed by atoms with Crippen LogP contribution in [0.4, 0.5) is 14.5 Å². The third-order valence-corrected chi connectivity index (χ3v) is 6.67. The summed E-state index contributed by atoms with van der Waals surface area (Å²) in [4.78, 5) is 13.8. The van der Waals surface area contributed by atoms with E-state index in [4.69, 9.17) is 11.6 Å². The lowest BCUT2D eigenvalue weighted by Crippen LogP contribution is -2.45. The summed E-state index contributed by atoms with van der Waals surface area (Å²) in [5, 5.41) is 0.466. The molecule has 0 aliphatic carbocycles. The number of likely N-dealkylation sites (tertiary alicyclic amines) is 1. The highest BCUT2D eigenvalue weighted by Gasteiger charge is 2.30. The first-order valence-corrected chi connectivity index (χ1v) is 10.9. The topological polar surface area (TPSA) is 66.5 Å². The van der Waals surface area contributed by atoms with Crippen LogP contribution in [0.3, 0.4) is 0 Å². The largest absolute Gasteiger partial charge is 0.333 e. The predicted molar refractivity (Wildman–Crippen MR) is 108 cm³/mol. The molecule has 1 saturated heterocycles. The number of piperidine rings is 1. The van der Waals surface area contributed by atoms with Crippen molar-refractivity contribution in [2.45, 2.75) is 37.5 Å². The Morgan fingerprint density at radius 2 is 1.76 bits per heavy atom. The van der Waals surface area contributed by atoms with Gasteiger partial charge in [-0.05, 0) is 55.3 Å². The van der Waals surface area contributed by atoms with Gasteiger partial charge in [0.1, 0.15) is 12.3 Å². The zero-order valence-corrected chi connectivity index (χ0v) is 17.5. The molecular weight excluding hydrogens is 422 g/mol. The molecule has 1 heterocycles. The van der Waals surface area contributed by atoms with Gasteiger partial charge in [-0.3, -0.25) is 9.52 Å². The summed E-state index contributed by atoms with van der Waals surface area (Å²) in [6.45, 7) is 2.98. The molecule has 1 aliphatic heterocycles. The summed E-state index contributed by atoms with van der Waals surface area (Å²) in [6.07, 6.45) is -3.05. The summed E-state index contributed by atoms with van der Waals surface area (Å²) in [7, 11) is -3.92. The van der Waals surface area contributed by atoms with E-state index in [1.807, 2.05) is 0 Å². The van der Waals surface area contributed by atoms with Crippen LogP contribution in [0.1, 0.15) is 27.9 Å². The maximum Gasteiger partial charge on any atom is 0.262 e. The van der Waals surface area contributed by atoms with Crippen molar-refractivity contribution in [1.29, 1.82) is 0 Å². The monoisotopic (exact) mass is 442 g/mol. The fraction of sp³-hybridized carbons (Fsp3) is 0.350. The average Bonchev–Trinajstić information content (AvgIpc) is 2.63. The highest BCUT2D eigenvalue weighted by molar-refractivity contribution is 7.92. The number of anilines is 1. The van der Waals surface area contributed by atoms with Crippen LogP contribution in [0.25, 0.3) is 0 Å². The summed E-state index contributed by atoms with van der Waals surface area (Å²) >= 11 is 6.04. The van der Waals surface area contributed by atoms with Crippen molar-refractivity contribution in [2.24, 2.45) is 0 Å². The van der Waals surface area contributed by atoms with E-state index < -0.39 is 28.3 Å². The number of sulfonamides is 1. The molecule has 0 aromatic heterocycles. The third-order valence-electron chi connectivity index (χ3n) is 4.74. The zero-order valence-electron chi connectivity index (χ0n) is 16.0. The number of alkyl halides is 2. The molecule has 1 amide bonds. The fourth-order valence-corrected chi connectivity index (χ4v) is 4.88. The second kappa shape index (κ2) is 8.28. The Balaban J connectivity index is 1.84. The first-order valence-electron chi connectivity index (χ1n) is 9.04. The highest BCUT2D eigenvalue weighted by Crippen LogP contribution is 2.26. The Bertz CT molecular complexity index is 1040. The number of halogens is 3. The molecule has 0 saturated carbocycles. The smallest absolute Gasteiger partial charge is 0.262 e. The Labute approximate surface area is 173 Å². The summed E-state index contributed by atoms with van der Waals surface area (Å²) in [6, 6.07) is 8.89. The first-order chi connectivity index (χ1) is 13.6. The van der Waals surface area contributed by atoms with Gasteiger partial charge < -0.3 is 4.90 Å². The number of nitrogens with one attached hydrogen (secondary N) is 1. The van der Waals surface area contributed by atoms with E-state index >= 15 is 0 Å². The minimum atomic E-state index is -3.92. The Kier molecular flexibility index (Phi) is 6.14. The van der Waals surface area contributed by atoms with E-state index in [-0.39, 0.29) is 35.7 Å². The minimum Gasteiger partial charge on any atom is -0.333 e. The maximum atomic E-state index is 13.6. The SMILES string of the molecule is Cc1cc(S(=O)(=O)Nc2cccc(C(=O)N3C[C@@H](F)C[C@H](F)C3)c2)c(C)cc1Cl. The van der Waals surface area contributed by atoms with Crippen molar-refractivity contribution in [3.63, 3.8) is 0 Å². The molecule has 0 radical (unpaired) electrons. The molecule has 2 aromatic rings. The number of nitrogens with zero attached hydrogens (tertiary/aromatic N) is 1. The van der Waals surface area contributed by atoms with Crippen LogP contribution in [0, 0.1) is 13.8 Å². The van der Waals surface area contributed by atoms with Gasteiger partial charge in [0.2, 0.25) is 0 Å². The number of hydrogen-bond acceptors (Lipinski definition) is 3. The van der Waals surface area contributed by atoms with Gasteiger partial charge in [-0.15, -0.1) is 0 Å². The molecule has 1 N–H and O–H groups in total. The van der Waals surface area contributed by atoms with Gasteiger partial charge in [-0.25, -0.2) is 17.2 Å². The standard InChI is InChI=1S/C20H21ClF2N2O3S/c1-12-7-19(13(2)6-18(12)21)29(27,28)24-17-5-3-4-14(8-17)20(26)25-10-15(22)9-16(23)11-25/h3-8,15-16,24H,9-11H2,1-2H3/t15-,16-/m0/s1. The lowest BCUT2D eigenvalue weighted by molar-refractivity contribution is 0.0469. The van der Waals surface area contributed by atoms with Gasteiger partial charge in [0.25, 0.3) is 15.9 Å². The van der Waals surface area contributed by atoms with E-state index in [0.29, 0.717) is 16.1 Å². The van der Waals surface area contributed by atoms with Gasteiger partial charge >= 0.3 is 0 Å². The quantitative estimate of drug-likeness (QED) is 0.768. The van der Waals surface area contributed by atoms with Crippen molar-refractivity contribution < 1.29 is 22.0 Å².